The van der Waals surface area contributed by atoms with E-state index in [1.54, 1.807) is 18.2 Å². The monoisotopic (exact) mass is 288 g/mol. The van der Waals surface area contributed by atoms with Gasteiger partial charge < -0.3 is 15.4 Å². The van der Waals surface area contributed by atoms with Gasteiger partial charge in [-0.1, -0.05) is 12.1 Å². The second-order valence-electron chi connectivity index (χ2n) is 4.29. The molecule has 0 spiro atoms. The first-order valence-corrected chi connectivity index (χ1v) is 6.13. The lowest BCUT2D eigenvalue weighted by molar-refractivity contribution is -0.122. The molecule has 2 rings (SSSR count). The zero-order valence-corrected chi connectivity index (χ0v) is 11.3. The third-order valence-corrected chi connectivity index (χ3v) is 2.85. The number of carbonyl (C=O) groups is 1. The molecule has 1 unspecified atom stereocenters. The van der Waals surface area contributed by atoms with E-state index in [1.165, 1.54) is 6.07 Å². The van der Waals surface area contributed by atoms with E-state index in [4.69, 9.17) is 4.74 Å². The Morgan fingerprint density at radius 2 is 2.26 bits per heavy atom. The average molecular weight is 289 g/mol. The molecule has 6 heteroatoms. The molecule has 106 valence electrons. The highest BCUT2D eigenvalue weighted by Gasteiger charge is 2.16. The largest absolute Gasteiger partial charge is 0.490 e. The summed E-state index contributed by atoms with van der Waals surface area (Å²) in [6.45, 7) is 1.95. The Kier molecular flexibility index (Phi) is 6.59. The van der Waals surface area contributed by atoms with Crippen LogP contribution in [0.2, 0.25) is 0 Å². The van der Waals surface area contributed by atoms with Crippen LogP contribution in [0.3, 0.4) is 0 Å². The molecule has 0 bridgehead atoms. The van der Waals surface area contributed by atoms with Crippen molar-refractivity contribution < 1.29 is 13.9 Å². The van der Waals surface area contributed by atoms with E-state index < -0.39 is 5.82 Å². The number of ether oxygens (including phenoxy) is 1. The van der Waals surface area contributed by atoms with E-state index >= 15 is 0 Å². The van der Waals surface area contributed by atoms with Crippen molar-refractivity contribution in [3.63, 3.8) is 0 Å². The second kappa shape index (κ2) is 7.96. The van der Waals surface area contributed by atoms with Gasteiger partial charge in [0.2, 0.25) is 5.91 Å². The van der Waals surface area contributed by atoms with E-state index in [9.17, 15) is 9.18 Å². The summed E-state index contributed by atoms with van der Waals surface area (Å²) in [6, 6.07) is 6.39. The Morgan fingerprint density at radius 3 is 2.95 bits per heavy atom. The van der Waals surface area contributed by atoms with Gasteiger partial charge >= 0.3 is 0 Å². The highest BCUT2D eigenvalue weighted by molar-refractivity contribution is 5.85. The molecular formula is C13H18ClFN2O2. The quantitative estimate of drug-likeness (QED) is 0.863. The number of benzene rings is 1. The molecule has 1 heterocycles. The number of hydrogen-bond donors (Lipinski definition) is 2. The van der Waals surface area contributed by atoms with Gasteiger partial charge in [0.15, 0.2) is 11.6 Å². The minimum atomic E-state index is -0.405. The minimum absolute atomic E-state index is 0. The van der Waals surface area contributed by atoms with Crippen LogP contribution in [-0.4, -0.2) is 31.6 Å². The van der Waals surface area contributed by atoms with Crippen molar-refractivity contribution in [2.75, 3.05) is 19.7 Å². The summed E-state index contributed by atoms with van der Waals surface area (Å²) in [4.78, 5) is 11.6. The van der Waals surface area contributed by atoms with Crippen LogP contribution in [0.4, 0.5) is 4.39 Å². The Bertz CT molecular complexity index is 411. The van der Waals surface area contributed by atoms with Crippen molar-refractivity contribution in [3.8, 4) is 5.75 Å². The number of halogens is 2. The molecule has 1 atom stereocenters. The van der Waals surface area contributed by atoms with Crippen molar-refractivity contribution in [2.24, 2.45) is 0 Å². The zero-order chi connectivity index (χ0) is 12.8. The van der Waals surface area contributed by atoms with E-state index in [1.807, 2.05) is 0 Å². The SMILES string of the molecule is Cl.O=C(CCOc1ccccc1F)NC1CCNC1. The molecule has 0 aromatic heterocycles. The lowest BCUT2D eigenvalue weighted by atomic mass is 10.2. The number of hydrogen-bond acceptors (Lipinski definition) is 3. The van der Waals surface area contributed by atoms with E-state index in [2.05, 4.69) is 10.6 Å². The topological polar surface area (TPSA) is 50.4 Å². The minimum Gasteiger partial charge on any atom is -0.490 e. The van der Waals surface area contributed by atoms with Crippen LogP contribution in [0.1, 0.15) is 12.8 Å². The fourth-order valence-corrected chi connectivity index (χ4v) is 1.89. The van der Waals surface area contributed by atoms with Crippen LogP contribution in [0, 0.1) is 5.82 Å². The average Bonchev–Trinajstić information content (AvgIpc) is 2.84. The summed E-state index contributed by atoms with van der Waals surface area (Å²) in [5, 5.41) is 6.08. The first kappa shape index (κ1) is 15.7. The lowest BCUT2D eigenvalue weighted by Gasteiger charge is -2.11. The smallest absolute Gasteiger partial charge is 0.223 e. The summed E-state index contributed by atoms with van der Waals surface area (Å²) < 4.78 is 18.4. The molecule has 0 aliphatic carbocycles. The fourth-order valence-electron chi connectivity index (χ4n) is 1.89. The maximum Gasteiger partial charge on any atom is 0.223 e. The Balaban J connectivity index is 0.00000180. The van der Waals surface area contributed by atoms with E-state index in [0.29, 0.717) is 0 Å². The molecule has 1 saturated heterocycles. The van der Waals surface area contributed by atoms with Crippen molar-refractivity contribution in [1.82, 2.24) is 10.6 Å². The molecule has 4 nitrogen and oxygen atoms in total. The number of nitrogens with one attached hydrogen (secondary N) is 2. The molecule has 1 aromatic rings. The van der Waals surface area contributed by atoms with Crippen LogP contribution in [0.15, 0.2) is 24.3 Å². The third kappa shape index (κ3) is 5.04. The summed E-state index contributed by atoms with van der Waals surface area (Å²) in [6.07, 6.45) is 1.20. The Hall–Kier alpha value is -1.33. The van der Waals surface area contributed by atoms with Crippen LogP contribution in [-0.2, 0) is 4.79 Å². The second-order valence-corrected chi connectivity index (χ2v) is 4.29. The number of carbonyl (C=O) groups excluding carboxylic acids is 1. The number of amides is 1. The molecule has 1 aliphatic heterocycles. The first-order valence-electron chi connectivity index (χ1n) is 6.13. The summed E-state index contributed by atoms with van der Waals surface area (Å²) in [5.41, 5.74) is 0. The van der Waals surface area contributed by atoms with Gasteiger partial charge in [0.25, 0.3) is 0 Å². The normalized spacial score (nSPS) is 17.6. The molecule has 2 N–H and O–H groups in total. The molecule has 1 aromatic carbocycles. The Morgan fingerprint density at radius 1 is 1.47 bits per heavy atom. The zero-order valence-electron chi connectivity index (χ0n) is 10.5. The predicted molar refractivity (Wildman–Crippen MR) is 73.2 cm³/mol. The van der Waals surface area contributed by atoms with Gasteiger partial charge in [0, 0.05) is 12.6 Å². The van der Waals surface area contributed by atoms with Crippen molar-refractivity contribution in [1.29, 1.82) is 0 Å². The highest BCUT2D eigenvalue weighted by atomic mass is 35.5. The fraction of sp³-hybridized carbons (Fsp3) is 0.462. The maximum atomic E-state index is 13.2. The molecule has 0 saturated carbocycles. The van der Waals surface area contributed by atoms with Gasteiger partial charge in [-0.15, -0.1) is 12.4 Å². The molecular weight excluding hydrogens is 271 g/mol. The highest BCUT2D eigenvalue weighted by Crippen LogP contribution is 2.15. The van der Waals surface area contributed by atoms with E-state index in [0.717, 1.165) is 19.5 Å². The van der Waals surface area contributed by atoms with Crippen molar-refractivity contribution in [3.05, 3.63) is 30.1 Å². The summed E-state index contributed by atoms with van der Waals surface area (Å²) in [5.74, 6) is -0.272. The van der Waals surface area contributed by atoms with Gasteiger partial charge in [-0.3, -0.25) is 4.79 Å². The Labute approximate surface area is 118 Å². The predicted octanol–water partition coefficient (Wildman–Crippen LogP) is 1.49. The van der Waals surface area contributed by atoms with Crippen LogP contribution < -0.4 is 15.4 Å². The summed E-state index contributed by atoms with van der Waals surface area (Å²) >= 11 is 0. The standard InChI is InChI=1S/C13H17FN2O2.ClH/c14-11-3-1-2-4-12(11)18-8-6-13(17)16-10-5-7-15-9-10;/h1-4,10,15H,5-9H2,(H,16,17);1H. The van der Waals surface area contributed by atoms with Crippen molar-refractivity contribution >= 4 is 18.3 Å². The molecule has 1 amide bonds. The third-order valence-electron chi connectivity index (χ3n) is 2.85. The number of rotatable bonds is 5. The van der Waals surface area contributed by atoms with Crippen molar-refractivity contribution in [2.45, 2.75) is 18.9 Å². The molecule has 1 fully saturated rings. The number of para-hydroxylation sites is 1. The van der Waals surface area contributed by atoms with Crippen LogP contribution >= 0.6 is 12.4 Å². The lowest BCUT2D eigenvalue weighted by Crippen LogP contribution is -2.36. The van der Waals surface area contributed by atoms with Gasteiger partial charge in [-0.25, -0.2) is 4.39 Å². The van der Waals surface area contributed by atoms with Gasteiger partial charge in [0.05, 0.1) is 13.0 Å². The maximum absolute atomic E-state index is 13.2. The van der Waals surface area contributed by atoms with Crippen LogP contribution in [0.25, 0.3) is 0 Å². The molecule has 19 heavy (non-hydrogen) atoms. The van der Waals surface area contributed by atoms with Gasteiger partial charge in [0.1, 0.15) is 0 Å². The van der Waals surface area contributed by atoms with Gasteiger partial charge in [-0.05, 0) is 25.1 Å². The van der Waals surface area contributed by atoms with Gasteiger partial charge in [-0.2, -0.15) is 0 Å². The first-order chi connectivity index (χ1) is 8.75. The molecule has 0 radical (unpaired) electrons. The summed E-state index contributed by atoms with van der Waals surface area (Å²) in [7, 11) is 0. The van der Waals surface area contributed by atoms with E-state index in [-0.39, 0.29) is 43.1 Å². The van der Waals surface area contributed by atoms with Crippen LogP contribution in [0.5, 0.6) is 5.75 Å². The molecule has 1 aliphatic rings.